The first-order valence-electron chi connectivity index (χ1n) is 6.92. The molecular weight excluding hydrogens is 267 g/mol. The highest BCUT2D eigenvalue weighted by Crippen LogP contribution is 2.19. The Kier molecular flexibility index (Phi) is 4.93. The van der Waals surface area contributed by atoms with Gasteiger partial charge in [0.2, 0.25) is 5.91 Å². The van der Waals surface area contributed by atoms with E-state index < -0.39 is 0 Å². The summed E-state index contributed by atoms with van der Waals surface area (Å²) in [5, 5.41) is 5.83. The number of anilines is 2. The number of hydrogen-bond acceptors (Lipinski definition) is 2. The normalized spacial score (nSPS) is 10.2. The molecule has 21 heavy (non-hydrogen) atoms. The van der Waals surface area contributed by atoms with Gasteiger partial charge in [0.25, 0.3) is 0 Å². The Morgan fingerprint density at radius 2 is 1.71 bits per heavy atom. The van der Waals surface area contributed by atoms with Crippen LogP contribution in [0, 0.1) is 19.7 Å². The second-order valence-corrected chi connectivity index (χ2v) is 4.97. The average molecular weight is 286 g/mol. The van der Waals surface area contributed by atoms with Gasteiger partial charge in [-0.05, 0) is 37.1 Å². The Hall–Kier alpha value is -2.36. The van der Waals surface area contributed by atoms with Crippen molar-refractivity contribution in [3.05, 3.63) is 59.4 Å². The zero-order valence-electron chi connectivity index (χ0n) is 12.2. The van der Waals surface area contributed by atoms with Crippen LogP contribution in [-0.4, -0.2) is 12.5 Å². The van der Waals surface area contributed by atoms with Crippen LogP contribution in [0.1, 0.15) is 17.5 Å². The van der Waals surface area contributed by atoms with Crippen LogP contribution in [-0.2, 0) is 4.79 Å². The molecule has 110 valence electrons. The number of benzene rings is 2. The third-order valence-corrected chi connectivity index (χ3v) is 3.29. The van der Waals surface area contributed by atoms with Crippen molar-refractivity contribution in [2.75, 3.05) is 17.2 Å². The molecule has 0 atom stereocenters. The molecule has 2 rings (SSSR count). The summed E-state index contributed by atoms with van der Waals surface area (Å²) in [5.74, 6) is -0.399. The highest BCUT2D eigenvalue weighted by molar-refractivity contribution is 5.92. The van der Waals surface area contributed by atoms with Crippen LogP contribution in [0.4, 0.5) is 15.8 Å². The average Bonchev–Trinajstić information content (AvgIpc) is 2.45. The minimum absolute atomic E-state index is 0.0868. The van der Waals surface area contributed by atoms with Gasteiger partial charge in [-0.2, -0.15) is 0 Å². The molecule has 0 radical (unpaired) electrons. The lowest BCUT2D eigenvalue weighted by Crippen LogP contribution is -2.17. The molecule has 0 aromatic heterocycles. The van der Waals surface area contributed by atoms with Crippen molar-refractivity contribution >= 4 is 17.3 Å². The van der Waals surface area contributed by atoms with Crippen LogP contribution < -0.4 is 10.6 Å². The van der Waals surface area contributed by atoms with Gasteiger partial charge in [0, 0.05) is 18.7 Å². The molecule has 1 amide bonds. The summed E-state index contributed by atoms with van der Waals surface area (Å²) in [6.07, 6.45) is 0.280. The van der Waals surface area contributed by atoms with Gasteiger partial charge in [0.1, 0.15) is 5.82 Å². The third kappa shape index (κ3) is 4.05. The second-order valence-electron chi connectivity index (χ2n) is 4.97. The van der Waals surface area contributed by atoms with E-state index in [4.69, 9.17) is 0 Å². The molecule has 0 saturated heterocycles. The third-order valence-electron chi connectivity index (χ3n) is 3.29. The van der Waals surface area contributed by atoms with Crippen LogP contribution in [0.5, 0.6) is 0 Å². The molecule has 2 N–H and O–H groups in total. The molecule has 0 fully saturated rings. The first-order valence-corrected chi connectivity index (χ1v) is 6.92. The first kappa shape index (κ1) is 15.0. The van der Waals surface area contributed by atoms with E-state index in [-0.39, 0.29) is 18.1 Å². The summed E-state index contributed by atoms with van der Waals surface area (Å²) < 4.78 is 13.4. The number of carbonyl (C=O) groups is 1. The maximum absolute atomic E-state index is 13.4. The SMILES string of the molecule is Cc1cccc(C)c1NC(=O)CCNc1ccccc1F. The van der Waals surface area contributed by atoms with Gasteiger partial charge >= 0.3 is 0 Å². The molecule has 0 unspecified atom stereocenters. The second kappa shape index (κ2) is 6.88. The quantitative estimate of drug-likeness (QED) is 0.875. The predicted octanol–water partition coefficient (Wildman–Crippen LogP) is 3.88. The number of carbonyl (C=O) groups excluding carboxylic acids is 1. The molecule has 4 heteroatoms. The number of halogens is 1. The van der Waals surface area contributed by atoms with Crippen LogP contribution in [0.15, 0.2) is 42.5 Å². The predicted molar refractivity (Wildman–Crippen MR) is 84.1 cm³/mol. The van der Waals surface area contributed by atoms with Crippen molar-refractivity contribution in [2.45, 2.75) is 20.3 Å². The van der Waals surface area contributed by atoms with E-state index in [0.717, 1.165) is 16.8 Å². The lowest BCUT2D eigenvalue weighted by Gasteiger charge is -2.12. The summed E-state index contributed by atoms with van der Waals surface area (Å²) in [7, 11) is 0. The minimum Gasteiger partial charge on any atom is -0.382 e. The zero-order chi connectivity index (χ0) is 15.2. The maximum atomic E-state index is 13.4. The van der Waals surface area contributed by atoms with Crippen LogP contribution in [0.2, 0.25) is 0 Å². The lowest BCUT2D eigenvalue weighted by atomic mass is 10.1. The molecule has 0 saturated carbocycles. The van der Waals surface area contributed by atoms with E-state index in [0.29, 0.717) is 12.2 Å². The summed E-state index contributed by atoms with van der Waals surface area (Å²) in [6.45, 7) is 4.30. The zero-order valence-corrected chi connectivity index (χ0v) is 12.2. The van der Waals surface area contributed by atoms with E-state index in [1.54, 1.807) is 18.2 Å². The van der Waals surface area contributed by atoms with Crippen molar-refractivity contribution in [3.63, 3.8) is 0 Å². The van der Waals surface area contributed by atoms with Crippen molar-refractivity contribution in [2.24, 2.45) is 0 Å². The summed E-state index contributed by atoms with van der Waals surface area (Å²) in [6, 6.07) is 12.3. The lowest BCUT2D eigenvalue weighted by molar-refractivity contribution is -0.115. The van der Waals surface area contributed by atoms with Gasteiger partial charge in [-0.1, -0.05) is 30.3 Å². The van der Waals surface area contributed by atoms with Crippen LogP contribution in [0.3, 0.4) is 0 Å². The topological polar surface area (TPSA) is 41.1 Å². The highest BCUT2D eigenvalue weighted by atomic mass is 19.1. The summed E-state index contributed by atoms with van der Waals surface area (Å²) >= 11 is 0. The Morgan fingerprint density at radius 1 is 1.05 bits per heavy atom. The largest absolute Gasteiger partial charge is 0.382 e. The maximum Gasteiger partial charge on any atom is 0.226 e. The van der Waals surface area contributed by atoms with Crippen molar-refractivity contribution < 1.29 is 9.18 Å². The van der Waals surface area contributed by atoms with E-state index in [9.17, 15) is 9.18 Å². The molecule has 0 bridgehead atoms. The molecule has 2 aromatic rings. The van der Waals surface area contributed by atoms with Crippen LogP contribution in [0.25, 0.3) is 0 Å². The van der Waals surface area contributed by atoms with Gasteiger partial charge < -0.3 is 10.6 Å². The number of hydrogen-bond donors (Lipinski definition) is 2. The molecule has 0 aliphatic rings. The number of rotatable bonds is 5. The van der Waals surface area contributed by atoms with Gasteiger partial charge in [-0.25, -0.2) is 4.39 Å². The van der Waals surface area contributed by atoms with Gasteiger partial charge in [-0.3, -0.25) is 4.79 Å². The van der Waals surface area contributed by atoms with Gasteiger partial charge in [0.15, 0.2) is 0 Å². The Balaban J connectivity index is 1.87. The number of para-hydroxylation sites is 2. The first-order chi connectivity index (χ1) is 10.1. The van der Waals surface area contributed by atoms with Gasteiger partial charge in [-0.15, -0.1) is 0 Å². The van der Waals surface area contributed by atoms with E-state index in [2.05, 4.69) is 10.6 Å². The van der Waals surface area contributed by atoms with Crippen molar-refractivity contribution in [3.8, 4) is 0 Å². The fourth-order valence-electron chi connectivity index (χ4n) is 2.13. The van der Waals surface area contributed by atoms with Crippen molar-refractivity contribution in [1.29, 1.82) is 0 Å². The van der Waals surface area contributed by atoms with Gasteiger partial charge in [0.05, 0.1) is 5.69 Å². The number of amides is 1. The molecule has 2 aromatic carbocycles. The monoisotopic (exact) mass is 286 g/mol. The van der Waals surface area contributed by atoms with E-state index in [1.807, 2.05) is 32.0 Å². The number of aryl methyl sites for hydroxylation is 2. The molecule has 0 aliphatic carbocycles. The smallest absolute Gasteiger partial charge is 0.226 e. The molecule has 3 nitrogen and oxygen atoms in total. The Morgan fingerprint density at radius 3 is 2.38 bits per heavy atom. The fourth-order valence-corrected chi connectivity index (χ4v) is 2.13. The minimum atomic E-state index is -0.312. The molecule has 0 aliphatic heterocycles. The van der Waals surface area contributed by atoms with E-state index >= 15 is 0 Å². The van der Waals surface area contributed by atoms with Crippen molar-refractivity contribution in [1.82, 2.24) is 0 Å². The molecule has 0 spiro atoms. The Bertz CT molecular complexity index is 620. The number of nitrogens with one attached hydrogen (secondary N) is 2. The summed E-state index contributed by atoms with van der Waals surface area (Å²) in [5.41, 5.74) is 3.33. The standard InChI is InChI=1S/C17H19FN2O/c1-12-6-5-7-13(2)17(12)20-16(21)10-11-19-15-9-4-3-8-14(15)18/h3-9,19H,10-11H2,1-2H3,(H,20,21). The molecular formula is C17H19FN2O. The molecule has 0 heterocycles. The van der Waals surface area contributed by atoms with Crippen LogP contribution >= 0.6 is 0 Å². The highest BCUT2D eigenvalue weighted by Gasteiger charge is 2.07. The van der Waals surface area contributed by atoms with E-state index in [1.165, 1.54) is 6.07 Å². The fraction of sp³-hybridized carbons (Fsp3) is 0.235. The Labute approximate surface area is 124 Å². The summed E-state index contributed by atoms with van der Waals surface area (Å²) in [4.78, 5) is 11.9.